The molecule has 1 N–H and O–H groups in total. The van der Waals surface area contributed by atoms with Crippen molar-refractivity contribution in [2.24, 2.45) is 0 Å². The first-order chi connectivity index (χ1) is 15.5. The lowest BCUT2D eigenvalue weighted by Gasteiger charge is -2.19. The molecular weight excluding hydrogens is 430 g/mol. The number of methoxy groups -OCH3 is 1. The Bertz CT molecular complexity index is 873. The van der Waals surface area contributed by atoms with E-state index in [0.29, 0.717) is 30.6 Å². The predicted molar refractivity (Wildman–Crippen MR) is 128 cm³/mol. The summed E-state index contributed by atoms with van der Waals surface area (Å²) in [6, 6.07) is 5.62. The number of hydrogen-bond donors (Lipinski definition) is 1. The highest BCUT2D eigenvalue weighted by Crippen LogP contribution is 2.28. The van der Waals surface area contributed by atoms with E-state index in [-0.39, 0.29) is 16.6 Å². The van der Waals surface area contributed by atoms with Gasteiger partial charge in [0.15, 0.2) is 17.2 Å². The van der Waals surface area contributed by atoms with Gasteiger partial charge in [-0.25, -0.2) is 9.97 Å². The number of carbonyl (C=O) groups excluding carboxylic acids is 1. The summed E-state index contributed by atoms with van der Waals surface area (Å²) >= 11 is 6.18. The minimum absolute atomic E-state index is 0.159. The lowest BCUT2D eigenvalue weighted by atomic mass is 10.2. The molecule has 0 radical (unpaired) electrons. The molecule has 0 aliphatic rings. The van der Waals surface area contributed by atoms with Crippen LogP contribution in [-0.4, -0.2) is 67.2 Å². The molecule has 0 saturated carbocycles. The van der Waals surface area contributed by atoms with E-state index in [0.717, 1.165) is 38.3 Å². The first kappa shape index (κ1) is 25.7. The Hall–Kier alpha value is -2.58. The summed E-state index contributed by atoms with van der Waals surface area (Å²) < 4.78 is 11.4. The van der Waals surface area contributed by atoms with Crippen molar-refractivity contribution in [3.63, 3.8) is 0 Å². The molecule has 1 aromatic carbocycles. The van der Waals surface area contributed by atoms with E-state index in [2.05, 4.69) is 34.0 Å². The van der Waals surface area contributed by atoms with Crippen molar-refractivity contribution < 1.29 is 14.3 Å². The van der Waals surface area contributed by atoms with Crippen LogP contribution in [0, 0.1) is 0 Å². The number of amides is 1. The molecule has 0 aliphatic heterocycles. The number of anilines is 1. The third-order valence-corrected chi connectivity index (χ3v) is 5.51. The summed E-state index contributed by atoms with van der Waals surface area (Å²) in [6.45, 7) is 13.5. The molecule has 0 unspecified atom stereocenters. The van der Waals surface area contributed by atoms with E-state index in [1.165, 1.54) is 6.20 Å². The average Bonchev–Trinajstić information content (AvgIpc) is 2.82. The van der Waals surface area contributed by atoms with Crippen LogP contribution >= 0.6 is 11.6 Å². The second kappa shape index (κ2) is 13.1. The van der Waals surface area contributed by atoms with Gasteiger partial charge in [-0.2, -0.15) is 0 Å². The Balaban J connectivity index is 2.03. The molecule has 32 heavy (non-hydrogen) atoms. The van der Waals surface area contributed by atoms with Gasteiger partial charge >= 0.3 is 0 Å². The fraction of sp³-hybridized carbons (Fsp3) is 0.522. The third kappa shape index (κ3) is 6.97. The number of benzene rings is 1. The largest absolute Gasteiger partial charge is 0.493 e. The number of nitrogens with one attached hydrogen (secondary N) is 1. The minimum Gasteiger partial charge on any atom is -0.493 e. The van der Waals surface area contributed by atoms with Crippen LogP contribution in [0.3, 0.4) is 0 Å². The Kier molecular flexibility index (Phi) is 10.5. The van der Waals surface area contributed by atoms with E-state index in [1.54, 1.807) is 7.11 Å². The zero-order valence-electron chi connectivity index (χ0n) is 19.7. The fourth-order valence-electron chi connectivity index (χ4n) is 3.21. The molecule has 176 valence electrons. The number of nitrogens with zero attached hydrogens (tertiary/aromatic N) is 4. The highest BCUT2D eigenvalue weighted by molar-refractivity contribution is 6.33. The molecule has 2 rings (SSSR count). The van der Waals surface area contributed by atoms with Crippen molar-refractivity contribution in [3.8, 4) is 11.5 Å². The number of halogens is 1. The Morgan fingerprint density at radius 1 is 1.09 bits per heavy atom. The molecule has 1 amide bonds. The van der Waals surface area contributed by atoms with Crippen LogP contribution in [-0.2, 0) is 6.54 Å². The number of aromatic nitrogens is 2. The van der Waals surface area contributed by atoms with E-state index >= 15 is 0 Å². The van der Waals surface area contributed by atoms with E-state index < -0.39 is 0 Å². The van der Waals surface area contributed by atoms with Gasteiger partial charge in [-0.15, -0.1) is 0 Å². The van der Waals surface area contributed by atoms with E-state index in [1.807, 2.05) is 36.9 Å². The molecule has 0 bridgehead atoms. The van der Waals surface area contributed by atoms with E-state index in [9.17, 15) is 4.79 Å². The highest BCUT2D eigenvalue weighted by Gasteiger charge is 2.16. The Labute approximate surface area is 195 Å². The first-order valence-electron chi connectivity index (χ1n) is 11.0. The molecular formula is C23H34ClN5O3. The second-order valence-electron chi connectivity index (χ2n) is 7.08. The lowest BCUT2D eigenvalue weighted by molar-refractivity contribution is 0.0946. The molecule has 8 nitrogen and oxygen atoms in total. The van der Waals surface area contributed by atoms with Gasteiger partial charge in [0.2, 0.25) is 5.95 Å². The zero-order chi connectivity index (χ0) is 23.5. The summed E-state index contributed by atoms with van der Waals surface area (Å²) in [5, 5.41) is 3.08. The summed E-state index contributed by atoms with van der Waals surface area (Å²) in [6.07, 6.45) is 1.46. The predicted octanol–water partition coefficient (Wildman–Crippen LogP) is 3.64. The Morgan fingerprint density at radius 2 is 1.81 bits per heavy atom. The Morgan fingerprint density at radius 3 is 2.44 bits per heavy atom. The number of hydrogen-bond acceptors (Lipinski definition) is 7. The average molecular weight is 464 g/mol. The molecule has 9 heteroatoms. The van der Waals surface area contributed by atoms with Crippen molar-refractivity contribution in [3.05, 3.63) is 40.7 Å². The molecule has 0 saturated heterocycles. The SMILES string of the molecule is CCN(CC)CCOc1ccc(CNC(=O)c2nc(N(CC)CC)ncc2Cl)cc1OC. The summed E-state index contributed by atoms with van der Waals surface area (Å²) in [5.74, 6) is 1.43. The normalized spacial score (nSPS) is 10.8. The number of ether oxygens (including phenoxy) is 2. The third-order valence-electron chi connectivity index (χ3n) is 5.23. The highest BCUT2D eigenvalue weighted by atomic mass is 35.5. The van der Waals surface area contributed by atoms with Gasteiger partial charge < -0.3 is 24.6 Å². The van der Waals surface area contributed by atoms with Gasteiger partial charge in [0.25, 0.3) is 5.91 Å². The maximum absolute atomic E-state index is 12.7. The maximum Gasteiger partial charge on any atom is 0.271 e. The van der Waals surface area contributed by atoms with Gasteiger partial charge in [-0.1, -0.05) is 31.5 Å². The van der Waals surface area contributed by atoms with Gasteiger partial charge in [-0.05, 0) is 44.6 Å². The quantitative estimate of drug-likeness (QED) is 0.485. The number of rotatable bonds is 13. The summed E-state index contributed by atoms with van der Waals surface area (Å²) in [5.41, 5.74) is 1.03. The fourth-order valence-corrected chi connectivity index (χ4v) is 3.38. The molecule has 1 aromatic heterocycles. The molecule has 0 aliphatic carbocycles. The summed E-state index contributed by atoms with van der Waals surface area (Å²) in [7, 11) is 1.60. The van der Waals surface area contributed by atoms with Crippen LogP contribution in [0.1, 0.15) is 43.7 Å². The smallest absolute Gasteiger partial charge is 0.271 e. The van der Waals surface area contributed by atoms with Crippen molar-refractivity contribution >= 4 is 23.5 Å². The molecule has 0 atom stereocenters. The lowest BCUT2D eigenvalue weighted by Crippen LogP contribution is -2.28. The number of likely N-dealkylation sites (N-methyl/N-ethyl adjacent to an activating group) is 1. The van der Waals surface area contributed by atoms with Crippen LogP contribution < -0.4 is 19.7 Å². The van der Waals surface area contributed by atoms with Crippen molar-refractivity contribution in [1.29, 1.82) is 0 Å². The van der Waals surface area contributed by atoms with Crippen molar-refractivity contribution in [2.45, 2.75) is 34.2 Å². The van der Waals surface area contributed by atoms with Crippen LogP contribution in [0.4, 0.5) is 5.95 Å². The molecule has 0 fully saturated rings. The van der Waals surface area contributed by atoms with Crippen molar-refractivity contribution in [2.75, 3.05) is 51.3 Å². The van der Waals surface area contributed by atoms with Crippen LogP contribution in [0.25, 0.3) is 0 Å². The monoisotopic (exact) mass is 463 g/mol. The minimum atomic E-state index is -0.357. The van der Waals surface area contributed by atoms with Gasteiger partial charge in [0.1, 0.15) is 6.61 Å². The standard InChI is InChI=1S/C23H34ClN5O3/c1-6-28(7-2)12-13-32-19-11-10-17(14-20(19)31-5)15-25-22(30)21-18(24)16-26-23(27-21)29(8-3)9-4/h10-11,14,16H,6-9,12-13,15H2,1-5H3,(H,25,30). The van der Waals surface area contributed by atoms with Crippen molar-refractivity contribution in [1.82, 2.24) is 20.2 Å². The van der Waals surface area contributed by atoms with Gasteiger partial charge in [0, 0.05) is 26.2 Å². The van der Waals surface area contributed by atoms with Gasteiger partial charge in [-0.3, -0.25) is 4.79 Å². The summed E-state index contributed by atoms with van der Waals surface area (Å²) in [4.78, 5) is 25.5. The van der Waals surface area contributed by atoms with Crippen LogP contribution in [0.2, 0.25) is 5.02 Å². The second-order valence-corrected chi connectivity index (χ2v) is 7.49. The van der Waals surface area contributed by atoms with Crippen LogP contribution in [0.5, 0.6) is 11.5 Å². The topological polar surface area (TPSA) is 79.8 Å². The van der Waals surface area contributed by atoms with E-state index in [4.69, 9.17) is 21.1 Å². The zero-order valence-corrected chi connectivity index (χ0v) is 20.4. The first-order valence-corrected chi connectivity index (χ1v) is 11.4. The number of carbonyl (C=O) groups is 1. The maximum atomic E-state index is 12.7. The van der Waals surface area contributed by atoms with Gasteiger partial charge in [0.05, 0.1) is 18.3 Å². The molecule has 1 heterocycles. The molecule has 2 aromatic rings. The molecule has 0 spiro atoms. The van der Waals surface area contributed by atoms with Crippen LogP contribution in [0.15, 0.2) is 24.4 Å².